The molecule has 1 unspecified atom stereocenters. The summed E-state index contributed by atoms with van der Waals surface area (Å²) in [6, 6.07) is 5.40. The fourth-order valence-corrected chi connectivity index (χ4v) is 2.93. The lowest BCUT2D eigenvalue weighted by Crippen LogP contribution is -2.25. The van der Waals surface area contributed by atoms with Crippen LogP contribution in [0.4, 0.5) is 4.39 Å². The minimum Gasteiger partial charge on any atom is -0.328 e. The van der Waals surface area contributed by atoms with Crippen LogP contribution in [-0.4, -0.2) is 22.1 Å². The van der Waals surface area contributed by atoms with Gasteiger partial charge in [0.2, 0.25) is 0 Å². The Kier molecular flexibility index (Phi) is 3.51. The predicted molar refractivity (Wildman–Crippen MR) is 74.7 cm³/mol. The molecule has 4 heteroatoms. The van der Waals surface area contributed by atoms with E-state index in [-0.39, 0.29) is 5.82 Å². The van der Waals surface area contributed by atoms with E-state index in [0.717, 1.165) is 42.8 Å². The number of aryl methyl sites for hydroxylation is 1. The average molecular weight is 261 g/mol. The monoisotopic (exact) mass is 261 g/mol. The van der Waals surface area contributed by atoms with Crippen LogP contribution < -0.4 is 5.32 Å². The summed E-state index contributed by atoms with van der Waals surface area (Å²) in [4.78, 5) is 4.69. The maximum Gasteiger partial charge on any atom is 0.125 e. The van der Waals surface area contributed by atoms with Gasteiger partial charge in [0.25, 0.3) is 0 Å². The van der Waals surface area contributed by atoms with Crippen LogP contribution in [0, 0.1) is 5.82 Å². The molecule has 1 aliphatic heterocycles. The second kappa shape index (κ2) is 5.29. The summed E-state index contributed by atoms with van der Waals surface area (Å²) in [6.45, 7) is 4.15. The zero-order valence-electron chi connectivity index (χ0n) is 11.3. The molecule has 2 aromatic rings. The third-order valence-electron chi connectivity index (χ3n) is 3.83. The van der Waals surface area contributed by atoms with Gasteiger partial charge in [0.05, 0.1) is 11.0 Å². The maximum atomic E-state index is 13.4. The van der Waals surface area contributed by atoms with Gasteiger partial charge in [0, 0.05) is 19.0 Å². The van der Waals surface area contributed by atoms with Crippen LogP contribution in [0.3, 0.4) is 0 Å². The number of hydrogen-bond donors (Lipinski definition) is 1. The van der Waals surface area contributed by atoms with E-state index in [1.807, 2.05) is 0 Å². The molecule has 2 heterocycles. The van der Waals surface area contributed by atoms with Gasteiger partial charge in [-0.25, -0.2) is 9.37 Å². The summed E-state index contributed by atoms with van der Waals surface area (Å²) in [5, 5.41) is 3.50. The lowest BCUT2D eigenvalue weighted by Gasteiger charge is -2.12. The van der Waals surface area contributed by atoms with Gasteiger partial charge >= 0.3 is 0 Å². The molecular formula is C15H20FN3. The molecule has 1 aromatic carbocycles. The van der Waals surface area contributed by atoms with Crippen molar-refractivity contribution in [3.63, 3.8) is 0 Å². The Labute approximate surface area is 112 Å². The summed E-state index contributed by atoms with van der Waals surface area (Å²) in [5.41, 5.74) is 1.83. The van der Waals surface area contributed by atoms with E-state index in [9.17, 15) is 4.39 Å². The number of benzene rings is 1. The molecular weight excluding hydrogens is 241 g/mol. The second-order valence-electron chi connectivity index (χ2n) is 5.31. The lowest BCUT2D eigenvalue weighted by atomic mass is 10.1. The van der Waals surface area contributed by atoms with Gasteiger partial charge in [0.1, 0.15) is 11.6 Å². The Morgan fingerprint density at radius 1 is 1.47 bits per heavy atom. The van der Waals surface area contributed by atoms with Crippen molar-refractivity contribution in [3.05, 3.63) is 29.8 Å². The molecule has 102 valence electrons. The SMILES string of the molecule is CCCn1c(CC2CCCN2)nc2ccc(F)cc21. The van der Waals surface area contributed by atoms with Crippen molar-refractivity contribution >= 4 is 11.0 Å². The van der Waals surface area contributed by atoms with Crippen LogP contribution in [0.5, 0.6) is 0 Å². The smallest absolute Gasteiger partial charge is 0.125 e. The Hall–Kier alpha value is -1.42. The summed E-state index contributed by atoms with van der Waals surface area (Å²) in [7, 11) is 0. The highest BCUT2D eigenvalue weighted by Gasteiger charge is 2.19. The van der Waals surface area contributed by atoms with Gasteiger partial charge in [-0.05, 0) is 44.0 Å². The minimum absolute atomic E-state index is 0.185. The van der Waals surface area contributed by atoms with Crippen molar-refractivity contribution in [1.82, 2.24) is 14.9 Å². The van der Waals surface area contributed by atoms with Crippen molar-refractivity contribution in [3.8, 4) is 0 Å². The van der Waals surface area contributed by atoms with E-state index >= 15 is 0 Å². The number of rotatable bonds is 4. The Morgan fingerprint density at radius 3 is 3.11 bits per heavy atom. The maximum absolute atomic E-state index is 13.4. The highest BCUT2D eigenvalue weighted by Crippen LogP contribution is 2.20. The first-order valence-corrected chi connectivity index (χ1v) is 7.16. The van der Waals surface area contributed by atoms with Crippen molar-refractivity contribution in [2.45, 2.75) is 45.2 Å². The van der Waals surface area contributed by atoms with Gasteiger partial charge in [-0.1, -0.05) is 6.92 Å². The summed E-state index contributed by atoms with van der Waals surface area (Å²) >= 11 is 0. The zero-order valence-corrected chi connectivity index (χ0v) is 11.3. The number of imidazole rings is 1. The quantitative estimate of drug-likeness (QED) is 0.917. The van der Waals surface area contributed by atoms with Crippen molar-refractivity contribution in [2.24, 2.45) is 0 Å². The zero-order chi connectivity index (χ0) is 13.2. The van der Waals surface area contributed by atoms with Crippen LogP contribution in [-0.2, 0) is 13.0 Å². The molecule has 0 aliphatic carbocycles. The molecule has 0 amide bonds. The van der Waals surface area contributed by atoms with Gasteiger partial charge in [-0.3, -0.25) is 0 Å². The summed E-state index contributed by atoms with van der Waals surface area (Å²) in [6.07, 6.45) is 4.43. The number of nitrogens with one attached hydrogen (secondary N) is 1. The van der Waals surface area contributed by atoms with E-state index < -0.39 is 0 Å². The first-order chi connectivity index (χ1) is 9.28. The molecule has 1 aliphatic rings. The van der Waals surface area contributed by atoms with Crippen molar-refractivity contribution < 1.29 is 4.39 Å². The molecule has 0 bridgehead atoms. The van der Waals surface area contributed by atoms with Gasteiger partial charge in [0.15, 0.2) is 0 Å². The molecule has 1 fully saturated rings. The van der Waals surface area contributed by atoms with E-state index in [2.05, 4.69) is 16.8 Å². The molecule has 1 atom stereocenters. The molecule has 0 saturated carbocycles. The van der Waals surface area contributed by atoms with E-state index in [1.165, 1.54) is 18.9 Å². The summed E-state index contributed by atoms with van der Waals surface area (Å²) in [5.74, 6) is 0.900. The topological polar surface area (TPSA) is 29.9 Å². The first kappa shape index (κ1) is 12.6. The van der Waals surface area contributed by atoms with Crippen LogP contribution in [0.1, 0.15) is 32.0 Å². The second-order valence-corrected chi connectivity index (χ2v) is 5.31. The van der Waals surface area contributed by atoms with E-state index in [1.54, 1.807) is 12.1 Å². The number of halogens is 1. The van der Waals surface area contributed by atoms with Gasteiger partial charge in [-0.2, -0.15) is 0 Å². The predicted octanol–water partition coefficient (Wildman–Crippen LogP) is 2.88. The minimum atomic E-state index is -0.185. The highest BCUT2D eigenvalue weighted by atomic mass is 19.1. The van der Waals surface area contributed by atoms with E-state index in [4.69, 9.17) is 4.98 Å². The van der Waals surface area contributed by atoms with Crippen molar-refractivity contribution in [2.75, 3.05) is 6.54 Å². The fourth-order valence-electron chi connectivity index (χ4n) is 2.93. The van der Waals surface area contributed by atoms with Gasteiger partial charge in [-0.15, -0.1) is 0 Å². The van der Waals surface area contributed by atoms with Crippen LogP contribution in [0.2, 0.25) is 0 Å². The van der Waals surface area contributed by atoms with Crippen LogP contribution in [0.15, 0.2) is 18.2 Å². The third kappa shape index (κ3) is 2.50. The molecule has 3 nitrogen and oxygen atoms in total. The largest absolute Gasteiger partial charge is 0.328 e. The molecule has 19 heavy (non-hydrogen) atoms. The third-order valence-corrected chi connectivity index (χ3v) is 3.83. The normalized spacial score (nSPS) is 19.4. The Bertz CT molecular complexity index is 570. The number of hydrogen-bond acceptors (Lipinski definition) is 2. The average Bonchev–Trinajstić information content (AvgIpc) is 3.00. The molecule has 1 aromatic heterocycles. The summed E-state index contributed by atoms with van der Waals surface area (Å²) < 4.78 is 15.6. The molecule has 3 rings (SSSR count). The first-order valence-electron chi connectivity index (χ1n) is 7.16. The molecule has 0 spiro atoms. The Morgan fingerprint density at radius 2 is 2.37 bits per heavy atom. The molecule has 1 saturated heterocycles. The van der Waals surface area contributed by atoms with E-state index in [0.29, 0.717) is 6.04 Å². The van der Waals surface area contributed by atoms with Crippen LogP contribution >= 0.6 is 0 Å². The number of aromatic nitrogens is 2. The highest BCUT2D eigenvalue weighted by molar-refractivity contribution is 5.76. The fraction of sp³-hybridized carbons (Fsp3) is 0.533. The van der Waals surface area contributed by atoms with Crippen LogP contribution in [0.25, 0.3) is 11.0 Å². The van der Waals surface area contributed by atoms with Crippen molar-refractivity contribution in [1.29, 1.82) is 0 Å². The molecule has 1 N–H and O–H groups in total. The standard InChI is InChI=1S/C15H20FN3/c1-2-8-19-14-9-11(16)5-6-13(14)18-15(19)10-12-4-3-7-17-12/h5-6,9,12,17H,2-4,7-8,10H2,1H3. The number of fused-ring (bicyclic) bond motifs is 1. The Balaban J connectivity index is 1.98. The van der Waals surface area contributed by atoms with Gasteiger partial charge < -0.3 is 9.88 Å². The number of nitrogens with zero attached hydrogens (tertiary/aromatic N) is 2. The molecule has 0 radical (unpaired) electrons. The lowest BCUT2D eigenvalue weighted by molar-refractivity contribution is 0.555.